The smallest absolute Gasteiger partial charge is 0.273 e. The summed E-state index contributed by atoms with van der Waals surface area (Å²) >= 11 is 0. The largest absolute Gasteiger partial charge is 0.497 e. The lowest BCUT2D eigenvalue weighted by Gasteiger charge is -2.30. The van der Waals surface area contributed by atoms with E-state index in [0.717, 1.165) is 0 Å². The molecular formula is C20H24N2O6S. The van der Waals surface area contributed by atoms with Gasteiger partial charge in [-0.25, -0.2) is 13.9 Å². The first-order chi connectivity index (χ1) is 13.7. The Morgan fingerprint density at radius 2 is 1.86 bits per heavy atom. The number of ketones is 1. The lowest BCUT2D eigenvalue weighted by atomic mass is 9.89. The summed E-state index contributed by atoms with van der Waals surface area (Å²) in [5.41, 5.74) is 1.35. The molecule has 0 fully saturated rings. The van der Waals surface area contributed by atoms with E-state index in [-0.39, 0.29) is 29.2 Å². The van der Waals surface area contributed by atoms with Crippen LogP contribution < -0.4 is 10.2 Å². The van der Waals surface area contributed by atoms with Crippen molar-refractivity contribution in [1.82, 2.24) is 10.5 Å². The quantitative estimate of drug-likeness (QED) is 0.276. The number of rotatable bonds is 9. The van der Waals surface area contributed by atoms with Gasteiger partial charge in [-0.3, -0.25) is 19.8 Å². The highest BCUT2D eigenvalue weighted by Gasteiger charge is 2.57. The second-order valence-corrected chi connectivity index (χ2v) is 9.13. The summed E-state index contributed by atoms with van der Waals surface area (Å²) in [6.07, 6.45) is 2.57. The van der Waals surface area contributed by atoms with Crippen LogP contribution in [0, 0.1) is 5.92 Å². The van der Waals surface area contributed by atoms with Gasteiger partial charge in [-0.15, -0.1) is 0 Å². The SMILES string of the molecule is COc1ccc(S(=O)(=O)C(CCC(C)C)(C(=O)NO)C(=O)c2cccnc2)cc1. The molecule has 1 heterocycles. The molecule has 2 rings (SSSR count). The number of Topliss-reactive ketones (excluding diaryl/α,β-unsaturated/α-hetero) is 1. The Morgan fingerprint density at radius 1 is 1.21 bits per heavy atom. The molecule has 0 aliphatic rings. The molecule has 2 aromatic rings. The van der Waals surface area contributed by atoms with Gasteiger partial charge in [0.15, 0.2) is 5.78 Å². The van der Waals surface area contributed by atoms with E-state index in [1.54, 1.807) is 0 Å². The van der Waals surface area contributed by atoms with Gasteiger partial charge < -0.3 is 4.74 Å². The van der Waals surface area contributed by atoms with E-state index < -0.39 is 26.3 Å². The molecule has 0 aliphatic carbocycles. The third-order valence-corrected chi connectivity index (χ3v) is 7.05. The third-order valence-electron chi connectivity index (χ3n) is 4.66. The molecule has 1 unspecified atom stereocenters. The molecule has 29 heavy (non-hydrogen) atoms. The fraction of sp³-hybridized carbons (Fsp3) is 0.350. The number of ether oxygens (including phenoxy) is 1. The van der Waals surface area contributed by atoms with Crippen LogP contribution in [0.2, 0.25) is 0 Å². The molecule has 1 aromatic carbocycles. The predicted molar refractivity (Wildman–Crippen MR) is 105 cm³/mol. The van der Waals surface area contributed by atoms with Crippen LogP contribution in [0.3, 0.4) is 0 Å². The Hall–Kier alpha value is -2.78. The zero-order chi connectivity index (χ0) is 21.7. The van der Waals surface area contributed by atoms with Crippen molar-refractivity contribution >= 4 is 21.5 Å². The Kier molecular flexibility index (Phi) is 7.10. The number of amides is 1. The summed E-state index contributed by atoms with van der Waals surface area (Å²) in [7, 11) is -3.11. The van der Waals surface area contributed by atoms with Crippen LogP contribution in [-0.4, -0.2) is 42.2 Å². The Labute approximate surface area is 169 Å². The van der Waals surface area contributed by atoms with E-state index in [9.17, 15) is 23.2 Å². The van der Waals surface area contributed by atoms with Gasteiger partial charge in [0.2, 0.25) is 14.6 Å². The normalized spacial score (nSPS) is 13.6. The van der Waals surface area contributed by atoms with Crippen molar-refractivity contribution in [2.75, 3.05) is 7.11 Å². The third kappa shape index (κ3) is 4.30. The number of pyridine rings is 1. The van der Waals surface area contributed by atoms with Crippen molar-refractivity contribution in [2.24, 2.45) is 5.92 Å². The first-order valence-corrected chi connectivity index (χ1v) is 10.5. The molecule has 0 radical (unpaired) electrons. The Balaban J connectivity index is 2.74. The zero-order valence-corrected chi connectivity index (χ0v) is 17.3. The second kappa shape index (κ2) is 9.15. The summed E-state index contributed by atoms with van der Waals surface area (Å²) in [6, 6.07) is 8.22. The van der Waals surface area contributed by atoms with E-state index in [1.807, 2.05) is 13.8 Å². The Bertz CT molecular complexity index is 958. The molecule has 0 saturated carbocycles. The molecule has 1 amide bonds. The van der Waals surface area contributed by atoms with Crippen LogP contribution in [0.1, 0.15) is 37.0 Å². The number of aromatic nitrogens is 1. The van der Waals surface area contributed by atoms with Crippen LogP contribution >= 0.6 is 0 Å². The van der Waals surface area contributed by atoms with Gasteiger partial charge in [0.1, 0.15) is 5.75 Å². The van der Waals surface area contributed by atoms with Crippen LogP contribution in [0.4, 0.5) is 0 Å². The molecule has 1 atom stereocenters. The van der Waals surface area contributed by atoms with Crippen molar-refractivity contribution in [3.8, 4) is 5.75 Å². The van der Waals surface area contributed by atoms with Crippen molar-refractivity contribution in [2.45, 2.75) is 36.3 Å². The fourth-order valence-electron chi connectivity index (χ4n) is 2.98. The highest BCUT2D eigenvalue weighted by atomic mass is 32.2. The maximum absolute atomic E-state index is 13.6. The predicted octanol–water partition coefficient (Wildman–Crippen LogP) is 2.43. The van der Waals surface area contributed by atoms with E-state index in [4.69, 9.17) is 4.74 Å². The number of sulfone groups is 1. The first kappa shape index (κ1) is 22.5. The van der Waals surface area contributed by atoms with Crippen LogP contribution in [0.15, 0.2) is 53.7 Å². The zero-order valence-electron chi connectivity index (χ0n) is 16.5. The second-order valence-electron chi connectivity index (χ2n) is 6.95. The number of hydrogen-bond acceptors (Lipinski definition) is 7. The monoisotopic (exact) mass is 420 g/mol. The maximum atomic E-state index is 13.6. The number of carbonyl (C=O) groups is 2. The first-order valence-electron chi connectivity index (χ1n) is 8.98. The number of nitrogens with one attached hydrogen (secondary N) is 1. The van der Waals surface area contributed by atoms with E-state index in [0.29, 0.717) is 5.75 Å². The highest BCUT2D eigenvalue weighted by Crippen LogP contribution is 2.36. The summed E-state index contributed by atoms with van der Waals surface area (Å²) in [5.74, 6) is -1.83. The number of nitrogens with zero attached hydrogens (tertiary/aromatic N) is 1. The van der Waals surface area contributed by atoms with E-state index >= 15 is 0 Å². The lowest BCUT2D eigenvalue weighted by Crippen LogP contribution is -2.57. The molecule has 8 nitrogen and oxygen atoms in total. The van der Waals surface area contributed by atoms with Gasteiger partial charge in [0.05, 0.1) is 12.0 Å². The molecule has 156 valence electrons. The minimum absolute atomic E-state index is 0.00799. The average molecular weight is 420 g/mol. The van der Waals surface area contributed by atoms with Crippen LogP contribution in [-0.2, 0) is 14.6 Å². The van der Waals surface area contributed by atoms with Gasteiger partial charge in [-0.1, -0.05) is 13.8 Å². The minimum atomic E-state index is -4.55. The molecule has 0 bridgehead atoms. The number of methoxy groups -OCH3 is 1. The molecule has 0 spiro atoms. The van der Waals surface area contributed by atoms with Crippen LogP contribution in [0.25, 0.3) is 0 Å². The summed E-state index contributed by atoms with van der Waals surface area (Å²) in [6.45, 7) is 3.69. The number of hydroxylamine groups is 1. The van der Waals surface area contributed by atoms with Gasteiger partial charge in [0.25, 0.3) is 5.91 Å². The maximum Gasteiger partial charge on any atom is 0.273 e. The summed E-state index contributed by atoms with van der Waals surface area (Å²) in [5, 5.41) is 9.37. The summed E-state index contributed by atoms with van der Waals surface area (Å²) < 4.78 is 29.7. The van der Waals surface area contributed by atoms with Gasteiger partial charge in [-0.2, -0.15) is 0 Å². The van der Waals surface area contributed by atoms with Crippen molar-refractivity contribution in [3.63, 3.8) is 0 Å². The topological polar surface area (TPSA) is 123 Å². The molecular weight excluding hydrogens is 396 g/mol. The van der Waals surface area contributed by atoms with E-state index in [1.165, 1.54) is 61.4 Å². The molecule has 9 heteroatoms. The van der Waals surface area contributed by atoms with Gasteiger partial charge in [-0.05, 0) is 55.2 Å². The van der Waals surface area contributed by atoms with Crippen molar-refractivity contribution in [1.29, 1.82) is 0 Å². The number of hydrogen-bond donors (Lipinski definition) is 2. The number of benzene rings is 1. The van der Waals surface area contributed by atoms with E-state index in [2.05, 4.69) is 4.98 Å². The number of carbonyl (C=O) groups excluding carboxylic acids is 2. The Morgan fingerprint density at radius 3 is 2.34 bits per heavy atom. The van der Waals surface area contributed by atoms with Gasteiger partial charge in [0, 0.05) is 18.0 Å². The highest BCUT2D eigenvalue weighted by molar-refractivity contribution is 7.94. The average Bonchev–Trinajstić information content (AvgIpc) is 2.73. The fourth-order valence-corrected chi connectivity index (χ4v) is 4.91. The summed E-state index contributed by atoms with van der Waals surface area (Å²) in [4.78, 5) is 29.8. The van der Waals surface area contributed by atoms with Crippen LogP contribution in [0.5, 0.6) is 5.75 Å². The van der Waals surface area contributed by atoms with Crippen molar-refractivity contribution in [3.05, 3.63) is 54.4 Å². The molecule has 1 aromatic heterocycles. The minimum Gasteiger partial charge on any atom is -0.497 e. The standard InChI is InChI=1S/C20H24N2O6S/c1-14(2)10-11-20(19(24)22-25,18(23)15-5-4-12-21-13-15)29(26,27)17-8-6-16(28-3)7-9-17/h4-9,12-14,25H,10-11H2,1-3H3,(H,22,24). The van der Waals surface area contributed by atoms with Crippen molar-refractivity contribution < 1.29 is 28.0 Å². The van der Waals surface area contributed by atoms with Gasteiger partial charge >= 0.3 is 0 Å². The lowest BCUT2D eigenvalue weighted by molar-refractivity contribution is -0.130. The molecule has 2 N–H and O–H groups in total. The molecule has 0 saturated heterocycles. The molecule has 0 aliphatic heterocycles.